The van der Waals surface area contributed by atoms with Crippen LogP contribution < -0.4 is 15.6 Å². The zero-order valence-corrected chi connectivity index (χ0v) is 23.8. The average molecular weight is 499 g/mol. The van der Waals surface area contributed by atoms with E-state index in [4.69, 9.17) is 12.3 Å². The standard InChI is InChI=1S/C24H34O4Si4/c1-29(2,25)26-30(3,4)27-31(5,6)28-32(22-16-10-7-11-17-22,23-18-12-8-13-19-23)24-20-14-9-15-21-24/h7-21,25H,1-6H3. The van der Waals surface area contributed by atoms with Crippen molar-refractivity contribution in [2.75, 3.05) is 0 Å². The second-order valence-corrected chi connectivity index (χ2v) is 23.4. The summed E-state index contributed by atoms with van der Waals surface area (Å²) in [6, 6.07) is 31.5. The zero-order valence-electron chi connectivity index (χ0n) is 19.8. The number of rotatable bonds is 9. The van der Waals surface area contributed by atoms with Crippen LogP contribution >= 0.6 is 0 Å². The summed E-state index contributed by atoms with van der Waals surface area (Å²) in [6.45, 7) is 11.7. The van der Waals surface area contributed by atoms with Crippen LogP contribution in [0.2, 0.25) is 39.3 Å². The van der Waals surface area contributed by atoms with Gasteiger partial charge in [-0.15, -0.1) is 0 Å². The highest BCUT2D eigenvalue weighted by atomic mass is 28.5. The van der Waals surface area contributed by atoms with Crippen LogP contribution in [0.5, 0.6) is 0 Å². The fourth-order valence-electron chi connectivity index (χ4n) is 4.30. The van der Waals surface area contributed by atoms with Crippen LogP contribution in [-0.2, 0) is 12.3 Å². The Morgan fingerprint density at radius 3 is 1.09 bits per heavy atom. The molecule has 0 aliphatic heterocycles. The zero-order chi connectivity index (χ0) is 23.5. The van der Waals surface area contributed by atoms with Crippen LogP contribution in [0.15, 0.2) is 91.0 Å². The molecule has 3 aromatic rings. The van der Waals surface area contributed by atoms with E-state index in [0.29, 0.717) is 0 Å². The fourth-order valence-corrected chi connectivity index (χ4v) is 22.3. The van der Waals surface area contributed by atoms with Crippen molar-refractivity contribution in [2.24, 2.45) is 0 Å². The summed E-state index contributed by atoms with van der Waals surface area (Å²) in [5.41, 5.74) is 0. The molecule has 0 radical (unpaired) electrons. The average Bonchev–Trinajstić information content (AvgIpc) is 2.71. The van der Waals surface area contributed by atoms with Gasteiger partial charge in [-0.2, -0.15) is 0 Å². The van der Waals surface area contributed by atoms with E-state index in [1.54, 1.807) is 13.1 Å². The number of hydrogen-bond donors (Lipinski definition) is 1. The molecule has 0 spiro atoms. The molecule has 0 amide bonds. The molecule has 3 rings (SSSR count). The van der Waals surface area contributed by atoms with Crippen LogP contribution in [0.4, 0.5) is 0 Å². The van der Waals surface area contributed by atoms with E-state index in [-0.39, 0.29) is 0 Å². The van der Waals surface area contributed by atoms with Gasteiger partial charge in [0.1, 0.15) is 0 Å². The van der Waals surface area contributed by atoms with Crippen molar-refractivity contribution in [3.63, 3.8) is 0 Å². The van der Waals surface area contributed by atoms with E-state index in [1.807, 2.05) is 31.3 Å². The molecule has 4 nitrogen and oxygen atoms in total. The monoisotopic (exact) mass is 498 g/mol. The Hall–Kier alpha value is -1.63. The highest BCUT2D eigenvalue weighted by molar-refractivity contribution is 7.10. The minimum Gasteiger partial charge on any atom is -0.426 e. The molecule has 0 aliphatic carbocycles. The smallest absolute Gasteiger partial charge is 0.320 e. The molecule has 0 fully saturated rings. The van der Waals surface area contributed by atoms with Gasteiger partial charge in [0, 0.05) is 0 Å². The molecule has 0 bridgehead atoms. The molecule has 170 valence electrons. The highest BCUT2D eigenvalue weighted by Gasteiger charge is 2.49. The predicted octanol–water partition coefficient (Wildman–Crippen LogP) is 3.80. The first-order valence-electron chi connectivity index (χ1n) is 10.9. The lowest BCUT2D eigenvalue weighted by atomic mass is 10.3. The van der Waals surface area contributed by atoms with Gasteiger partial charge in [0.2, 0.25) is 0 Å². The fraction of sp³-hybridized carbons (Fsp3) is 0.250. The second kappa shape index (κ2) is 9.70. The topological polar surface area (TPSA) is 47.9 Å². The van der Waals surface area contributed by atoms with Crippen molar-refractivity contribution in [1.29, 1.82) is 0 Å². The molecule has 0 aromatic heterocycles. The number of hydrogen-bond acceptors (Lipinski definition) is 4. The quantitative estimate of drug-likeness (QED) is 0.360. The Labute approximate surface area is 196 Å². The summed E-state index contributed by atoms with van der Waals surface area (Å²) in [7, 11) is -10.9. The van der Waals surface area contributed by atoms with Crippen LogP contribution in [0.1, 0.15) is 0 Å². The highest BCUT2D eigenvalue weighted by Crippen LogP contribution is 2.23. The van der Waals surface area contributed by atoms with Crippen molar-refractivity contribution >= 4 is 49.6 Å². The minimum atomic E-state index is -2.87. The molecular formula is C24H34O4Si4. The van der Waals surface area contributed by atoms with Gasteiger partial charge >= 0.3 is 25.7 Å². The predicted molar refractivity (Wildman–Crippen MR) is 142 cm³/mol. The van der Waals surface area contributed by atoms with E-state index in [0.717, 1.165) is 0 Å². The van der Waals surface area contributed by atoms with Gasteiger partial charge < -0.3 is 17.1 Å². The lowest BCUT2D eigenvalue weighted by molar-refractivity contribution is 0.298. The van der Waals surface area contributed by atoms with E-state index < -0.39 is 34.0 Å². The molecule has 0 heterocycles. The van der Waals surface area contributed by atoms with Crippen LogP contribution in [0, 0.1) is 0 Å². The molecule has 0 atom stereocenters. The molecule has 0 unspecified atom stereocenters. The maximum atomic E-state index is 10.4. The maximum Gasteiger partial charge on any atom is 0.320 e. The normalized spacial score (nSPS) is 13.2. The van der Waals surface area contributed by atoms with Crippen LogP contribution in [0.25, 0.3) is 0 Å². The Morgan fingerprint density at radius 2 is 0.781 bits per heavy atom. The van der Waals surface area contributed by atoms with Gasteiger partial charge in [-0.3, -0.25) is 0 Å². The Balaban J connectivity index is 2.15. The number of benzene rings is 3. The Bertz CT molecular complexity index is 894. The second-order valence-electron chi connectivity index (χ2n) is 9.33. The first-order valence-corrected chi connectivity index (χ1v) is 21.3. The minimum absolute atomic E-state index is 1.18. The molecule has 8 heteroatoms. The Kier molecular flexibility index (Phi) is 7.58. The van der Waals surface area contributed by atoms with Gasteiger partial charge in [-0.05, 0) is 54.8 Å². The van der Waals surface area contributed by atoms with Gasteiger partial charge in [-0.1, -0.05) is 91.0 Å². The van der Waals surface area contributed by atoms with Crippen molar-refractivity contribution in [3.05, 3.63) is 91.0 Å². The maximum absolute atomic E-state index is 10.4. The molecule has 0 aliphatic rings. The van der Waals surface area contributed by atoms with Crippen molar-refractivity contribution < 1.29 is 17.1 Å². The SMILES string of the molecule is C[Si](C)(O)O[Si](C)(C)O[Si](C)(C)O[Si](c1ccccc1)(c1ccccc1)c1ccccc1. The van der Waals surface area contributed by atoms with Crippen molar-refractivity contribution in [2.45, 2.75) is 39.3 Å². The lowest BCUT2D eigenvalue weighted by Crippen LogP contribution is -2.73. The van der Waals surface area contributed by atoms with Gasteiger partial charge in [-0.25, -0.2) is 0 Å². The summed E-state index contributed by atoms with van der Waals surface area (Å²) in [5.74, 6) is 0. The van der Waals surface area contributed by atoms with E-state index in [9.17, 15) is 4.80 Å². The third-order valence-electron chi connectivity index (χ3n) is 4.93. The van der Waals surface area contributed by atoms with Crippen molar-refractivity contribution in [3.8, 4) is 0 Å². The lowest BCUT2D eigenvalue weighted by Gasteiger charge is -2.42. The summed E-state index contributed by atoms with van der Waals surface area (Å²) < 4.78 is 20.0. The summed E-state index contributed by atoms with van der Waals surface area (Å²) in [6.07, 6.45) is 0. The summed E-state index contributed by atoms with van der Waals surface area (Å²) in [5, 5.41) is 3.54. The molecule has 32 heavy (non-hydrogen) atoms. The first kappa shape index (κ1) is 25.0. The van der Waals surface area contributed by atoms with E-state index in [1.165, 1.54) is 15.6 Å². The van der Waals surface area contributed by atoms with E-state index >= 15 is 0 Å². The van der Waals surface area contributed by atoms with Crippen molar-refractivity contribution in [1.82, 2.24) is 0 Å². The van der Waals surface area contributed by atoms with Gasteiger partial charge in [0.15, 0.2) is 0 Å². The molecular weight excluding hydrogens is 465 g/mol. The third-order valence-corrected chi connectivity index (χ3v) is 19.5. The largest absolute Gasteiger partial charge is 0.426 e. The van der Waals surface area contributed by atoms with Crippen LogP contribution in [-0.4, -0.2) is 38.8 Å². The Morgan fingerprint density at radius 1 is 0.469 bits per heavy atom. The molecule has 0 saturated heterocycles. The molecule has 3 aromatic carbocycles. The van der Waals surface area contributed by atoms with Gasteiger partial charge in [0.25, 0.3) is 8.32 Å². The van der Waals surface area contributed by atoms with Gasteiger partial charge in [0.05, 0.1) is 0 Å². The molecule has 0 saturated carbocycles. The summed E-state index contributed by atoms with van der Waals surface area (Å²) in [4.78, 5) is 10.4. The third kappa shape index (κ3) is 6.24. The van der Waals surface area contributed by atoms with E-state index in [2.05, 4.69) is 85.9 Å². The first-order chi connectivity index (χ1) is 14.9. The molecule has 1 N–H and O–H groups in total. The summed E-state index contributed by atoms with van der Waals surface area (Å²) >= 11 is 0. The van der Waals surface area contributed by atoms with Crippen LogP contribution in [0.3, 0.4) is 0 Å².